The van der Waals surface area contributed by atoms with Gasteiger partial charge >= 0.3 is 0 Å². The van der Waals surface area contributed by atoms with E-state index in [1.807, 2.05) is 7.05 Å². The van der Waals surface area contributed by atoms with Gasteiger partial charge < -0.3 is 15.2 Å². The number of nitrogens with one attached hydrogen (secondary N) is 1. The number of morpholine rings is 1. The van der Waals surface area contributed by atoms with E-state index in [0.717, 1.165) is 57.9 Å². The van der Waals surface area contributed by atoms with E-state index < -0.39 is 0 Å². The molecule has 0 radical (unpaired) electrons. The van der Waals surface area contributed by atoms with Gasteiger partial charge in [0.1, 0.15) is 0 Å². The Morgan fingerprint density at radius 1 is 1.31 bits per heavy atom. The summed E-state index contributed by atoms with van der Waals surface area (Å²) in [6.45, 7) is 5.60. The Kier molecular flexibility index (Phi) is 5.26. The van der Waals surface area contributed by atoms with Gasteiger partial charge in [0.15, 0.2) is 0 Å². The number of likely N-dealkylation sites (tertiary alicyclic amines) is 1. The molecule has 1 aromatic rings. The van der Waals surface area contributed by atoms with Crippen molar-refractivity contribution >= 4 is 11.6 Å². The number of ether oxygens (including phenoxy) is 1. The number of amides is 1. The number of carbonyl (C=O) groups is 1. The molecule has 0 bridgehead atoms. The number of aliphatic hydroxyl groups is 1. The summed E-state index contributed by atoms with van der Waals surface area (Å²) in [5.41, 5.74) is 0.733. The fourth-order valence-corrected chi connectivity index (χ4v) is 4.82. The molecule has 1 amide bonds. The molecule has 1 saturated carbocycles. The fourth-order valence-electron chi connectivity index (χ4n) is 4.82. The van der Waals surface area contributed by atoms with E-state index in [4.69, 9.17) is 4.74 Å². The molecular weight excluding hydrogens is 334 g/mol. The zero-order valence-electron chi connectivity index (χ0n) is 15.4. The number of rotatable bonds is 4. The predicted molar refractivity (Wildman–Crippen MR) is 96.7 cm³/mol. The highest BCUT2D eigenvalue weighted by Gasteiger charge is 2.43. The predicted octanol–water partition coefficient (Wildman–Crippen LogP) is -0.238. The van der Waals surface area contributed by atoms with Gasteiger partial charge in [-0.3, -0.25) is 19.3 Å². The third kappa shape index (κ3) is 3.93. The molecule has 3 heterocycles. The number of hydrogen-bond acceptors (Lipinski definition) is 6. The van der Waals surface area contributed by atoms with Crippen LogP contribution >= 0.6 is 0 Å². The number of carbonyl (C=O) groups excluding carboxylic acids is 1. The quantitative estimate of drug-likeness (QED) is 0.769. The Morgan fingerprint density at radius 3 is 2.73 bits per heavy atom. The fraction of sp³-hybridized carbons (Fsp3) is 0.778. The molecule has 0 aromatic carbocycles. The highest BCUT2D eigenvalue weighted by atomic mass is 16.5. The second-order valence-electron chi connectivity index (χ2n) is 7.92. The van der Waals surface area contributed by atoms with E-state index in [-0.39, 0.29) is 18.1 Å². The van der Waals surface area contributed by atoms with Gasteiger partial charge in [-0.25, -0.2) is 0 Å². The molecule has 1 aliphatic carbocycles. The first-order chi connectivity index (χ1) is 12.6. The second kappa shape index (κ2) is 7.64. The first kappa shape index (κ1) is 17.9. The molecule has 2 saturated heterocycles. The SMILES string of the molecule is Cn1cc(NC(=O)CN2C[C@H]3C[C@@H](N4CCOCC4)[C@H](O)C[C@H]3C2)cn1. The lowest BCUT2D eigenvalue weighted by Gasteiger charge is -2.43. The summed E-state index contributed by atoms with van der Waals surface area (Å²) in [5, 5.41) is 17.6. The molecule has 3 aliphatic rings. The average Bonchev–Trinajstić information content (AvgIpc) is 3.19. The lowest BCUT2D eigenvalue weighted by Crippen LogP contribution is -2.53. The molecule has 4 rings (SSSR count). The minimum Gasteiger partial charge on any atom is -0.391 e. The first-order valence-electron chi connectivity index (χ1n) is 9.59. The highest BCUT2D eigenvalue weighted by molar-refractivity contribution is 5.91. The van der Waals surface area contributed by atoms with E-state index >= 15 is 0 Å². The normalized spacial score (nSPS) is 33.2. The van der Waals surface area contributed by atoms with Crippen LogP contribution in [0.15, 0.2) is 12.4 Å². The van der Waals surface area contributed by atoms with Gasteiger partial charge in [-0.15, -0.1) is 0 Å². The van der Waals surface area contributed by atoms with Gasteiger partial charge in [-0.1, -0.05) is 0 Å². The third-order valence-corrected chi connectivity index (χ3v) is 6.06. The average molecular weight is 363 g/mol. The minimum absolute atomic E-state index is 0.00178. The standard InChI is InChI=1S/C18H29N5O3/c1-21-11-15(8-19-21)20-18(25)12-22-9-13-6-16(17(24)7-14(13)10-22)23-2-4-26-5-3-23/h8,11,13-14,16-17,24H,2-7,9-10,12H2,1H3,(H,20,25)/t13-,14+,16-,17-/m1/s1. The van der Waals surface area contributed by atoms with Crippen LogP contribution in [0.25, 0.3) is 0 Å². The van der Waals surface area contributed by atoms with Gasteiger partial charge in [0.05, 0.1) is 37.7 Å². The number of aryl methyl sites for hydroxylation is 1. The summed E-state index contributed by atoms with van der Waals surface area (Å²) < 4.78 is 7.12. The zero-order chi connectivity index (χ0) is 18.1. The summed E-state index contributed by atoms with van der Waals surface area (Å²) in [6, 6.07) is 0.240. The topological polar surface area (TPSA) is 82.9 Å². The summed E-state index contributed by atoms with van der Waals surface area (Å²) in [7, 11) is 1.83. The number of aliphatic hydroxyl groups excluding tert-OH is 1. The van der Waals surface area contributed by atoms with Crippen molar-refractivity contribution < 1.29 is 14.6 Å². The zero-order valence-corrected chi connectivity index (χ0v) is 15.4. The monoisotopic (exact) mass is 363 g/mol. The van der Waals surface area contributed by atoms with Crippen LogP contribution in [0.5, 0.6) is 0 Å². The molecule has 4 atom stereocenters. The van der Waals surface area contributed by atoms with Crippen molar-refractivity contribution in [3.63, 3.8) is 0 Å². The Labute approximate surface area is 154 Å². The highest BCUT2D eigenvalue weighted by Crippen LogP contribution is 2.38. The van der Waals surface area contributed by atoms with Crippen molar-refractivity contribution in [1.82, 2.24) is 19.6 Å². The van der Waals surface area contributed by atoms with Crippen LogP contribution < -0.4 is 5.32 Å². The summed E-state index contributed by atoms with van der Waals surface area (Å²) in [6.07, 6.45) is 5.05. The Balaban J connectivity index is 1.30. The van der Waals surface area contributed by atoms with Gasteiger partial charge in [0.2, 0.25) is 5.91 Å². The number of fused-ring (bicyclic) bond motifs is 1. The van der Waals surface area contributed by atoms with E-state index in [1.165, 1.54) is 0 Å². The van der Waals surface area contributed by atoms with Gasteiger partial charge in [-0.05, 0) is 24.7 Å². The first-order valence-corrected chi connectivity index (χ1v) is 9.59. The third-order valence-electron chi connectivity index (χ3n) is 6.06. The molecule has 2 aliphatic heterocycles. The summed E-state index contributed by atoms with van der Waals surface area (Å²) in [4.78, 5) is 16.9. The van der Waals surface area contributed by atoms with Gasteiger partial charge in [0, 0.05) is 45.5 Å². The van der Waals surface area contributed by atoms with Crippen LogP contribution in [0.4, 0.5) is 5.69 Å². The molecule has 26 heavy (non-hydrogen) atoms. The van der Waals surface area contributed by atoms with Crippen molar-refractivity contribution in [2.24, 2.45) is 18.9 Å². The Bertz CT molecular complexity index is 630. The lowest BCUT2D eigenvalue weighted by atomic mass is 9.77. The molecule has 144 valence electrons. The van der Waals surface area contributed by atoms with Gasteiger partial charge in [-0.2, -0.15) is 5.10 Å². The van der Waals surface area contributed by atoms with Crippen molar-refractivity contribution in [3.8, 4) is 0 Å². The minimum atomic E-state index is -0.265. The molecule has 0 unspecified atom stereocenters. The molecule has 1 aromatic heterocycles. The number of hydrogen-bond donors (Lipinski definition) is 2. The van der Waals surface area contributed by atoms with Gasteiger partial charge in [0.25, 0.3) is 0 Å². The lowest BCUT2D eigenvalue weighted by molar-refractivity contribution is -0.117. The van der Waals surface area contributed by atoms with Crippen molar-refractivity contribution in [3.05, 3.63) is 12.4 Å². The number of nitrogens with zero attached hydrogens (tertiary/aromatic N) is 4. The summed E-state index contributed by atoms with van der Waals surface area (Å²) in [5.74, 6) is 1.06. The smallest absolute Gasteiger partial charge is 0.238 e. The molecule has 8 heteroatoms. The maximum atomic E-state index is 12.3. The van der Waals surface area contributed by atoms with E-state index in [0.29, 0.717) is 18.4 Å². The maximum absolute atomic E-state index is 12.3. The van der Waals surface area contributed by atoms with Crippen LogP contribution in [-0.2, 0) is 16.6 Å². The van der Waals surface area contributed by atoms with Crippen LogP contribution in [0.2, 0.25) is 0 Å². The second-order valence-corrected chi connectivity index (χ2v) is 7.92. The van der Waals surface area contributed by atoms with Crippen LogP contribution in [-0.4, -0.2) is 88.7 Å². The Hall–Kier alpha value is -1.48. The molecule has 8 nitrogen and oxygen atoms in total. The van der Waals surface area contributed by atoms with Crippen molar-refractivity contribution in [1.29, 1.82) is 0 Å². The molecule has 0 spiro atoms. The Morgan fingerprint density at radius 2 is 2.04 bits per heavy atom. The molecule has 3 fully saturated rings. The molecule has 2 N–H and O–H groups in total. The largest absolute Gasteiger partial charge is 0.391 e. The van der Waals surface area contributed by atoms with E-state index in [2.05, 4.69) is 20.2 Å². The van der Waals surface area contributed by atoms with E-state index in [1.54, 1.807) is 17.1 Å². The summed E-state index contributed by atoms with van der Waals surface area (Å²) >= 11 is 0. The number of aromatic nitrogens is 2. The van der Waals surface area contributed by atoms with Crippen LogP contribution in [0.3, 0.4) is 0 Å². The van der Waals surface area contributed by atoms with Crippen LogP contribution in [0, 0.1) is 11.8 Å². The maximum Gasteiger partial charge on any atom is 0.238 e. The van der Waals surface area contributed by atoms with Crippen molar-refractivity contribution in [2.45, 2.75) is 25.0 Å². The van der Waals surface area contributed by atoms with Crippen molar-refractivity contribution in [2.75, 3.05) is 51.3 Å². The molecular formula is C18H29N5O3. The number of anilines is 1. The van der Waals surface area contributed by atoms with Crippen LogP contribution in [0.1, 0.15) is 12.8 Å². The van der Waals surface area contributed by atoms with E-state index in [9.17, 15) is 9.90 Å².